The number of thioether (sulfide) groups is 1. The quantitative estimate of drug-likeness (QED) is 0.748. The van der Waals surface area contributed by atoms with Crippen molar-refractivity contribution in [1.29, 1.82) is 0 Å². The van der Waals surface area contributed by atoms with E-state index in [0.717, 1.165) is 29.2 Å². The molecule has 7 nitrogen and oxygen atoms in total. The number of rotatable bonds is 8. The lowest BCUT2D eigenvalue weighted by atomic mass is 10.3. The average Bonchev–Trinajstić information content (AvgIpc) is 3.06. The summed E-state index contributed by atoms with van der Waals surface area (Å²) in [5.41, 5.74) is 1.96. The van der Waals surface area contributed by atoms with Gasteiger partial charge >= 0.3 is 0 Å². The maximum atomic E-state index is 11.9. The Labute approximate surface area is 134 Å². The van der Waals surface area contributed by atoms with Crippen molar-refractivity contribution >= 4 is 29.4 Å². The third-order valence-electron chi connectivity index (χ3n) is 3.18. The molecule has 2 rings (SSSR count). The summed E-state index contributed by atoms with van der Waals surface area (Å²) in [7, 11) is 0. The van der Waals surface area contributed by atoms with Crippen LogP contribution in [0, 0.1) is 0 Å². The van der Waals surface area contributed by atoms with Crippen molar-refractivity contribution in [3.63, 3.8) is 0 Å². The molecule has 1 aliphatic heterocycles. The minimum atomic E-state index is -0.225. The monoisotopic (exact) mass is 326 g/mol. The second-order valence-electron chi connectivity index (χ2n) is 4.96. The lowest BCUT2D eigenvalue weighted by molar-refractivity contribution is -0.122. The smallest absolute Gasteiger partial charge is 0.251 e. The first-order valence-electron chi connectivity index (χ1n) is 7.46. The lowest BCUT2D eigenvalue weighted by Crippen LogP contribution is -2.30. The molecule has 1 aromatic rings. The Balaban J connectivity index is 2.09. The van der Waals surface area contributed by atoms with Crippen LogP contribution in [0.3, 0.4) is 0 Å². The summed E-state index contributed by atoms with van der Waals surface area (Å²) in [6, 6.07) is 0. The third kappa shape index (κ3) is 4.23. The fraction of sp³-hybridized carbons (Fsp3) is 0.643. The van der Waals surface area contributed by atoms with Crippen molar-refractivity contribution in [1.82, 2.24) is 15.1 Å². The van der Waals surface area contributed by atoms with Gasteiger partial charge in [0.15, 0.2) is 0 Å². The van der Waals surface area contributed by atoms with Gasteiger partial charge in [-0.05, 0) is 13.3 Å². The Bertz CT molecular complexity index is 544. The highest BCUT2D eigenvalue weighted by atomic mass is 32.2. The molecule has 0 fully saturated rings. The maximum absolute atomic E-state index is 11.9. The molecule has 1 aliphatic rings. The van der Waals surface area contributed by atoms with Gasteiger partial charge in [-0.25, -0.2) is 4.68 Å². The molecule has 122 valence electrons. The summed E-state index contributed by atoms with van der Waals surface area (Å²) in [4.78, 5) is 23.8. The standard InChI is InChI=1S/C14H22N4O3S/c1-3-5-15-12(19)6-18-14(16-13(20)7-21-4-2)10-8-22-9-11(10)17-18/h3-9H2,1-2H3,(H,15,19)(H,16,20). The Hall–Kier alpha value is -1.54. The summed E-state index contributed by atoms with van der Waals surface area (Å²) in [6.07, 6.45) is 0.885. The van der Waals surface area contributed by atoms with E-state index in [0.29, 0.717) is 19.0 Å². The molecular weight excluding hydrogens is 304 g/mol. The van der Waals surface area contributed by atoms with Crippen LogP contribution in [-0.4, -0.2) is 41.4 Å². The van der Waals surface area contributed by atoms with Crippen LogP contribution in [0.15, 0.2) is 0 Å². The molecule has 1 aromatic heterocycles. The zero-order chi connectivity index (χ0) is 15.9. The number of nitrogens with one attached hydrogen (secondary N) is 2. The van der Waals surface area contributed by atoms with Gasteiger partial charge < -0.3 is 15.4 Å². The van der Waals surface area contributed by atoms with Gasteiger partial charge in [0.05, 0.1) is 5.69 Å². The van der Waals surface area contributed by atoms with E-state index in [4.69, 9.17) is 4.74 Å². The molecule has 8 heteroatoms. The molecule has 0 bridgehead atoms. The first-order valence-corrected chi connectivity index (χ1v) is 8.61. The number of carbonyl (C=O) groups excluding carboxylic acids is 2. The molecule has 0 aliphatic carbocycles. The number of amides is 2. The molecule has 2 heterocycles. The van der Waals surface area contributed by atoms with E-state index in [1.807, 2.05) is 13.8 Å². The predicted octanol–water partition coefficient (Wildman–Crippen LogP) is 1.13. The number of carbonyl (C=O) groups is 2. The van der Waals surface area contributed by atoms with Crippen molar-refractivity contribution in [2.24, 2.45) is 0 Å². The van der Waals surface area contributed by atoms with Crippen LogP contribution in [-0.2, 0) is 32.4 Å². The average molecular weight is 326 g/mol. The number of anilines is 1. The second kappa shape index (κ2) is 8.19. The highest BCUT2D eigenvalue weighted by Crippen LogP contribution is 2.34. The highest BCUT2D eigenvalue weighted by molar-refractivity contribution is 7.98. The molecule has 0 radical (unpaired) electrons. The molecule has 0 atom stereocenters. The molecule has 0 aromatic carbocycles. The largest absolute Gasteiger partial charge is 0.372 e. The summed E-state index contributed by atoms with van der Waals surface area (Å²) in [5, 5.41) is 10.1. The van der Waals surface area contributed by atoms with E-state index in [2.05, 4.69) is 15.7 Å². The van der Waals surface area contributed by atoms with Gasteiger partial charge in [-0.2, -0.15) is 16.9 Å². The van der Waals surface area contributed by atoms with Crippen molar-refractivity contribution in [2.75, 3.05) is 25.1 Å². The van der Waals surface area contributed by atoms with Crippen LogP contribution < -0.4 is 10.6 Å². The Kier molecular flexibility index (Phi) is 6.26. The van der Waals surface area contributed by atoms with Gasteiger partial charge in [0.25, 0.3) is 5.91 Å². The van der Waals surface area contributed by atoms with E-state index in [1.165, 1.54) is 0 Å². The minimum Gasteiger partial charge on any atom is -0.372 e. The van der Waals surface area contributed by atoms with Crippen LogP contribution in [0.25, 0.3) is 0 Å². The molecule has 0 unspecified atom stereocenters. The topological polar surface area (TPSA) is 85.3 Å². The van der Waals surface area contributed by atoms with Gasteiger partial charge in [-0.15, -0.1) is 0 Å². The predicted molar refractivity (Wildman–Crippen MR) is 85.6 cm³/mol. The van der Waals surface area contributed by atoms with E-state index in [9.17, 15) is 9.59 Å². The summed E-state index contributed by atoms with van der Waals surface area (Å²) >= 11 is 1.75. The van der Waals surface area contributed by atoms with Crippen molar-refractivity contribution in [3.05, 3.63) is 11.3 Å². The molecule has 2 N–H and O–H groups in total. The zero-order valence-electron chi connectivity index (χ0n) is 13.0. The van der Waals surface area contributed by atoms with Crippen LogP contribution in [0.2, 0.25) is 0 Å². The van der Waals surface area contributed by atoms with Gasteiger partial charge in [-0.1, -0.05) is 6.92 Å². The van der Waals surface area contributed by atoms with Crippen molar-refractivity contribution < 1.29 is 14.3 Å². The van der Waals surface area contributed by atoms with Crippen LogP contribution in [0.1, 0.15) is 31.5 Å². The molecule has 0 saturated carbocycles. The molecule has 0 spiro atoms. The van der Waals surface area contributed by atoms with E-state index in [-0.39, 0.29) is 25.0 Å². The van der Waals surface area contributed by atoms with Crippen molar-refractivity contribution in [2.45, 2.75) is 38.3 Å². The van der Waals surface area contributed by atoms with Crippen LogP contribution in [0.4, 0.5) is 5.82 Å². The first-order chi connectivity index (χ1) is 10.7. The number of hydrogen-bond donors (Lipinski definition) is 2. The number of ether oxygens (including phenoxy) is 1. The maximum Gasteiger partial charge on any atom is 0.251 e. The zero-order valence-corrected chi connectivity index (χ0v) is 13.8. The number of nitrogens with zero attached hydrogens (tertiary/aromatic N) is 2. The summed E-state index contributed by atoms with van der Waals surface area (Å²) in [6.45, 7) is 5.08. The van der Waals surface area contributed by atoms with E-state index < -0.39 is 0 Å². The summed E-state index contributed by atoms with van der Waals surface area (Å²) in [5.74, 6) is 1.91. The second-order valence-corrected chi connectivity index (χ2v) is 5.95. The van der Waals surface area contributed by atoms with Gasteiger partial charge in [0.1, 0.15) is 19.0 Å². The van der Waals surface area contributed by atoms with Crippen LogP contribution in [0.5, 0.6) is 0 Å². The van der Waals surface area contributed by atoms with Gasteiger partial charge in [0, 0.05) is 30.2 Å². The van der Waals surface area contributed by atoms with Gasteiger partial charge in [-0.3, -0.25) is 9.59 Å². The Morgan fingerprint density at radius 1 is 1.32 bits per heavy atom. The number of fused-ring (bicyclic) bond motifs is 1. The lowest BCUT2D eigenvalue weighted by Gasteiger charge is -2.11. The number of hydrogen-bond acceptors (Lipinski definition) is 5. The van der Waals surface area contributed by atoms with E-state index >= 15 is 0 Å². The normalized spacial score (nSPS) is 13.0. The Morgan fingerprint density at radius 2 is 2.14 bits per heavy atom. The highest BCUT2D eigenvalue weighted by Gasteiger charge is 2.24. The van der Waals surface area contributed by atoms with Crippen molar-refractivity contribution in [3.8, 4) is 0 Å². The first kappa shape index (κ1) is 16.8. The van der Waals surface area contributed by atoms with Gasteiger partial charge in [0.2, 0.25) is 5.91 Å². The molecule has 0 saturated heterocycles. The SMILES string of the molecule is CCCNC(=O)Cn1nc2c(c1NC(=O)COCC)CSC2. The minimum absolute atomic E-state index is 0.00558. The molecule has 22 heavy (non-hydrogen) atoms. The fourth-order valence-corrected chi connectivity index (χ4v) is 3.17. The molecule has 2 amide bonds. The Morgan fingerprint density at radius 3 is 2.86 bits per heavy atom. The summed E-state index contributed by atoms with van der Waals surface area (Å²) < 4.78 is 6.69. The number of aromatic nitrogens is 2. The van der Waals surface area contributed by atoms with E-state index in [1.54, 1.807) is 16.4 Å². The third-order valence-corrected chi connectivity index (χ3v) is 4.15. The van der Waals surface area contributed by atoms with Crippen LogP contribution >= 0.6 is 11.8 Å². The fourth-order valence-electron chi connectivity index (χ4n) is 2.14. The molecular formula is C14H22N4O3S.